The van der Waals surface area contributed by atoms with Gasteiger partial charge in [-0.05, 0) is 30.7 Å². The summed E-state index contributed by atoms with van der Waals surface area (Å²) in [6, 6.07) is 19.9. The van der Waals surface area contributed by atoms with E-state index in [4.69, 9.17) is 0 Å². The zero-order valence-corrected chi connectivity index (χ0v) is 15.8. The summed E-state index contributed by atoms with van der Waals surface area (Å²) in [7, 11) is -3.81. The van der Waals surface area contributed by atoms with Crippen LogP contribution in [0.1, 0.15) is 5.56 Å². The fraction of sp³-hybridized carbons (Fsp3) is 0.0476. The van der Waals surface area contributed by atoms with E-state index in [1.165, 1.54) is 22.3 Å². The molecule has 4 aromatic rings. The number of nitro groups is 1. The Morgan fingerprint density at radius 2 is 1.64 bits per heavy atom. The van der Waals surface area contributed by atoms with Crippen LogP contribution in [0.15, 0.2) is 83.9 Å². The highest BCUT2D eigenvalue weighted by atomic mass is 32.2. The fourth-order valence-corrected chi connectivity index (χ4v) is 4.56. The molecule has 0 aliphatic rings. The molecule has 0 unspecified atom stereocenters. The zero-order chi connectivity index (χ0) is 19.9. The number of para-hydroxylation sites is 1. The molecular formula is C21H16N2O4S. The van der Waals surface area contributed by atoms with Gasteiger partial charge in [0.25, 0.3) is 15.7 Å². The van der Waals surface area contributed by atoms with E-state index in [2.05, 4.69) is 0 Å². The topological polar surface area (TPSA) is 82.2 Å². The Morgan fingerprint density at radius 1 is 0.929 bits per heavy atom. The summed E-state index contributed by atoms with van der Waals surface area (Å²) in [5.74, 6) is 0. The molecule has 0 amide bonds. The summed E-state index contributed by atoms with van der Waals surface area (Å²) in [5.41, 5.74) is 2.65. The average molecular weight is 392 g/mol. The predicted molar refractivity (Wildman–Crippen MR) is 108 cm³/mol. The van der Waals surface area contributed by atoms with Crippen molar-refractivity contribution >= 4 is 26.6 Å². The van der Waals surface area contributed by atoms with Crippen LogP contribution in [0.4, 0.5) is 5.69 Å². The van der Waals surface area contributed by atoms with Gasteiger partial charge in [0.15, 0.2) is 0 Å². The van der Waals surface area contributed by atoms with Crippen LogP contribution in [0.25, 0.3) is 22.0 Å². The molecule has 0 aliphatic carbocycles. The highest BCUT2D eigenvalue weighted by Crippen LogP contribution is 2.34. The summed E-state index contributed by atoms with van der Waals surface area (Å²) >= 11 is 0. The fourth-order valence-electron chi connectivity index (χ4n) is 3.19. The van der Waals surface area contributed by atoms with Gasteiger partial charge in [0, 0.05) is 29.3 Å². The first kappa shape index (κ1) is 17.9. The van der Waals surface area contributed by atoms with Crippen molar-refractivity contribution in [2.75, 3.05) is 0 Å². The Morgan fingerprint density at radius 3 is 2.36 bits per heavy atom. The number of hydrogen-bond donors (Lipinski definition) is 0. The monoisotopic (exact) mass is 392 g/mol. The molecule has 0 spiro atoms. The second-order valence-corrected chi connectivity index (χ2v) is 8.30. The first-order chi connectivity index (χ1) is 13.4. The minimum absolute atomic E-state index is 0.0456. The standard InChI is InChI=1S/C21H16N2O4S/c1-15-9-11-18(12-10-15)28(26,27)22-14-20(19-7-2-3-8-21(19)22)16-5-4-6-17(13-16)23(24)25/h2-14H,1H3. The van der Waals surface area contributed by atoms with Gasteiger partial charge in [-0.1, -0.05) is 48.0 Å². The van der Waals surface area contributed by atoms with Crippen LogP contribution in [0.5, 0.6) is 0 Å². The van der Waals surface area contributed by atoms with E-state index in [1.807, 2.05) is 19.1 Å². The van der Waals surface area contributed by atoms with Crippen LogP contribution < -0.4 is 0 Å². The van der Waals surface area contributed by atoms with E-state index in [1.54, 1.807) is 48.5 Å². The van der Waals surface area contributed by atoms with E-state index in [9.17, 15) is 18.5 Å². The van der Waals surface area contributed by atoms with Crippen molar-refractivity contribution in [2.45, 2.75) is 11.8 Å². The maximum absolute atomic E-state index is 13.2. The first-order valence-electron chi connectivity index (χ1n) is 8.55. The van der Waals surface area contributed by atoms with Crippen molar-refractivity contribution < 1.29 is 13.3 Å². The highest BCUT2D eigenvalue weighted by molar-refractivity contribution is 7.90. The van der Waals surface area contributed by atoms with Gasteiger partial charge in [-0.25, -0.2) is 12.4 Å². The van der Waals surface area contributed by atoms with Gasteiger partial charge in [0.2, 0.25) is 0 Å². The molecule has 6 nitrogen and oxygen atoms in total. The number of non-ortho nitro benzene ring substituents is 1. The molecule has 0 saturated carbocycles. The SMILES string of the molecule is Cc1ccc(S(=O)(=O)n2cc(-c3cccc([N+](=O)[O-])c3)c3ccccc32)cc1. The van der Waals surface area contributed by atoms with E-state index >= 15 is 0 Å². The van der Waals surface area contributed by atoms with E-state index in [-0.39, 0.29) is 10.6 Å². The first-order valence-corrected chi connectivity index (χ1v) is 9.99. The number of aromatic nitrogens is 1. The van der Waals surface area contributed by atoms with Crippen molar-refractivity contribution in [2.24, 2.45) is 0 Å². The number of fused-ring (bicyclic) bond motifs is 1. The lowest BCUT2D eigenvalue weighted by Crippen LogP contribution is -2.11. The van der Waals surface area contributed by atoms with Crippen LogP contribution in [0, 0.1) is 17.0 Å². The van der Waals surface area contributed by atoms with Gasteiger partial charge in [-0.2, -0.15) is 0 Å². The maximum atomic E-state index is 13.2. The third-order valence-electron chi connectivity index (χ3n) is 4.62. The summed E-state index contributed by atoms with van der Waals surface area (Å²) in [5, 5.41) is 11.8. The van der Waals surface area contributed by atoms with Gasteiger partial charge in [-0.3, -0.25) is 10.1 Å². The Balaban J connectivity index is 1.96. The smallest absolute Gasteiger partial charge is 0.258 e. The molecule has 0 atom stereocenters. The van der Waals surface area contributed by atoms with Crippen molar-refractivity contribution in [1.82, 2.24) is 3.97 Å². The number of rotatable bonds is 4. The lowest BCUT2D eigenvalue weighted by molar-refractivity contribution is -0.384. The second kappa shape index (κ2) is 6.61. The maximum Gasteiger partial charge on any atom is 0.270 e. The van der Waals surface area contributed by atoms with Gasteiger partial charge in [0.1, 0.15) is 0 Å². The molecule has 7 heteroatoms. The van der Waals surface area contributed by atoms with Crippen LogP contribution >= 0.6 is 0 Å². The largest absolute Gasteiger partial charge is 0.270 e. The normalized spacial score (nSPS) is 11.6. The summed E-state index contributed by atoms with van der Waals surface area (Å²) < 4.78 is 27.7. The molecule has 4 rings (SSSR count). The second-order valence-electron chi connectivity index (χ2n) is 6.48. The third kappa shape index (κ3) is 2.95. The predicted octanol–water partition coefficient (Wildman–Crippen LogP) is 4.76. The van der Waals surface area contributed by atoms with Crippen molar-refractivity contribution in [3.05, 3.63) is 94.7 Å². The minimum atomic E-state index is -3.81. The Bertz CT molecular complexity index is 1310. The molecule has 1 heterocycles. The Labute approximate surface area is 161 Å². The van der Waals surface area contributed by atoms with E-state index < -0.39 is 14.9 Å². The minimum Gasteiger partial charge on any atom is -0.258 e. The number of nitro benzene ring substituents is 1. The lowest BCUT2D eigenvalue weighted by atomic mass is 10.0. The third-order valence-corrected chi connectivity index (χ3v) is 6.31. The van der Waals surface area contributed by atoms with Crippen LogP contribution in [0.3, 0.4) is 0 Å². The molecule has 0 bridgehead atoms. The zero-order valence-electron chi connectivity index (χ0n) is 14.9. The molecule has 140 valence electrons. The molecule has 0 N–H and O–H groups in total. The summed E-state index contributed by atoms with van der Waals surface area (Å²) in [6.45, 7) is 1.89. The summed E-state index contributed by atoms with van der Waals surface area (Å²) in [6.07, 6.45) is 1.53. The Hall–Kier alpha value is -3.45. The van der Waals surface area contributed by atoms with Gasteiger partial charge in [-0.15, -0.1) is 0 Å². The number of nitrogens with zero attached hydrogens (tertiary/aromatic N) is 2. The van der Waals surface area contributed by atoms with Crippen molar-refractivity contribution in [3.63, 3.8) is 0 Å². The van der Waals surface area contributed by atoms with Crippen molar-refractivity contribution in [3.8, 4) is 11.1 Å². The number of aryl methyl sites for hydroxylation is 1. The molecule has 0 fully saturated rings. The molecule has 0 aliphatic heterocycles. The van der Waals surface area contributed by atoms with Crippen LogP contribution in [-0.4, -0.2) is 17.3 Å². The number of benzene rings is 3. The van der Waals surface area contributed by atoms with Gasteiger partial charge < -0.3 is 0 Å². The summed E-state index contributed by atoms with van der Waals surface area (Å²) in [4.78, 5) is 10.8. The molecule has 1 aromatic heterocycles. The van der Waals surface area contributed by atoms with Gasteiger partial charge >= 0.3 is 0 Å². The number of hydrogen-bond acceptors (Lipinski definition) is 4. The quantitative estimate of drug-likeness (QED) is 0.370. The van der Waals surface area contributed by atoms with E-state index in [0.717, 1.165) is 5.56 Å². The molecule has 28 heavy (non-hydrogen) atoms. The molecule has 3 aromatic carbocycles. The average Bonchev–Trinajstić information content (AvgIpc) is 3.09. The molecular weight excluding hydrogens is 376 g/mol. The molecule has 0 saturated heterocycles. The van der Waals surface area contributed by atoms with Crippen LogP contribution in [0.2, 0.25) is 0 Å². The Kier molecular flexibility index (Phi) is 4.24. The van der Waals surface area contributed by atoms with Gasteiger partial charge in [0.05, 0.1) is 15.3 Å². The van der Waals surface area contributed by atoms with Crippen LogP contribution in [-0.2, 0) is 10.0 Å². The molecule has 0 radical (unpaired) electrons. The van der Waals surface area contributed by atoms with E-state index in [0.29, 0.717) is 22.0 Å². The lowest BCUT2D eigenvalue weighted by Gasteiger charge is -2.07. The highest BCUT2D eigenvalue weighted by Gasteiger charge is 2.22. The van der Waals surface area contributed by atoms with Crippen molar-refractivity contribution in [1.29, 1.82) is 0 Å².